The van der Waals surface area contributed by atoms with Gasteiger partial charge in [-0.15, -0.1) is 0 Å². The molecule has 3 heteroatoms. The van der Waals surface area contributed by atoms with Crippen LogP contribution >= 0.6 is 0 Å². The lowest BCUT2D eigenvalue weighted by Crippen LogP contribution is -2.24. The average molecular weight is 265 g/mol. The molecule has 1 atom stereocenters. The summed E-state index contributed by atoms with van der Waals surface area (Å²) in [4.78, 5) is 4.51. The van der Waals surface area contributed by atoms with Gasteiger partial charge in [-0.3, -0.25) is 0 Å². The summed E-state index contributed by atoms with van der Waals surface area (Å²) in [5, 5.41) is 20.8. The molecule has 0 spiro atoms. The highest BCUT2D eigenvalue weighted by molar-refractivity contribution is 5.79. The molecule has 0 fully saturated rings. The number of rotatable bonds is 2. The van der Waals surface area contributed by atoms with Crippen LogP contribution in [0.4, 0.5) is 0 Å². The summed E-state index contributed by atoms with van der Waals surface area (Å²) in [7, 11) is 0. The molecule has 3 nitrogen and oxygen atoms in total. The molecule has 20 heavy (non-hydrogen) atoms. The molecule has 0 aliphatic heterocycles. The molecule has 2 N–H and O–H groups in total. The molecule has 0 amide bonds. The van der Waals surface area contributed by atoms with Crippen molar-refractivity contribution in [3.63, 3.8) is 0 Å². The van der Waals surface area contributed by atoms with E-state index in [4.69, 9.17) is 0 Å². The van der Waals surface area contributed by atoms with E-state index >= 15 is 0 Å². The van der Waals surface area contributed by atoms with Gasteiger partial charge >= 0.3 is 0 Å². The van der Waals surface area contributed by atoms with Crippen molar-refractivity contribution in [1.29, 1.82) is 0 Å². The lowest BCUT2D eigenvalue weighted by atomic mass is 9.94. The third-order valence-electron chi connectivity index (χ3n) is 3.29. The first kappa shape index (κ1) is 12.6. The first-order chi connectivity index (χ1) is 9.65. The van der Waals surface area contributed by atoms with Gasteiger partial charge in [-0.25, -0.2) is 4.98 Å². The largest absolute Gasteiger partial charge is 0.508 e. The van der Waals surface area contributed by atoms with Gasteiger partial charge < -0.3 is 10.2 Å². The van der Waals surface area contributed by atoms with Crippen LogP contribution in [-0.4, -0.2) is 20.8 Å². The SMILES string of the molecule is OC1=CC(O)(C=Cc2ccc3ccccc3n2)CC=C1. The van der Waals surface area contributed by atoms with E-state index in [1.807, 2.05) is 36.4 Å². The van der Waals surface area contributed by atoms with Crippen molar-refractivity contribution in [1.82, 2.24) is 4.98 Å². The van der Waals surface area contributed by atoms with Crippen LogP contribution in [0.25, 0.3) is 17.0 Å². The van der Waals surface area contributed by atoms with Gasteiger partial charge in [0.1, 0.15) is 11.4 Å². The normalized spacial score (nSPS) is 22.4. The molecule has 1 heterocycles. The fourth-order valence-corrected chi connectivity index (χ4v) is 2.25. The van der Waals surface area contributed by atoms with Crippen LogP contribution < -0.4 is 0 Å². The van der Waals surface area contributed by atoms with Crippen LogP contribution in [-0.2, 0) is 0 Å². The van der Waals surface area contributed by atoms with Gasteiger partial charge in [0.25, 0.3) is 0 Å². The van der Waals surface area contributed by atoms with Gasteiger partial charge in [-0.05, 0) is 36.4 Å². The minimum Gasteiger partial charge on any atom is -0.508 e. The fraction of sp³-hybridized carbons (Fsp3) is 0.118. The van der Waals surface area contributed by atoms with Crippen LogP contribution in [0.2, 0.25) is 0 Å². The fourth-order valence-electron chi connectivity index (χ4n) is 2.25. The molecule has 0 saturated heterocycles. The smallest absolute Gasteiger partial charge is 0.114 e. The van der Waals surface area contributed by atoms with Crippen molar-refractivity contribution < 1.29 is 10.2 Å². The molecule has 1 unspecified atom stereocenters. The number of benzene rings is 1. The van der Waals surface area contributed by atoms with Gasteiger partial charge in [0.15, 0.2) is 0 Å². The van der Waals surface area contributed by atoms with E-state index in [1.165, 1.54) is 6.08 Å². The minimum absolute atomic E-state index is 0.0786. The van der Waals surface area contributed by atoms with E-state index in [1.54, 1.807) is 24.3 Å². The number of hydrogen-bond acceptors (Lipinski definition) is 3. The van der Waals surface area contributed by atoms with Gasteiger partial charge in [0.05, 0.1) is 11.2 Å². The van der Waals surface area contributed by atoms with Crippen molar-refractivity contribution >= 4 is 17.0 Å². The summed E-state index contributed by atoms with van der Waals surface area (Å²) >= 11 is 0. The van der Waals surface area contributed by atoms with Crippen molar-refractivity contribution in [3.05, 3.63) is 72.2 Å². The second-order valence-corrected chi connectivity index (χ2v) is 4.93. The highest BCUT2D eigenvalue weighted by atomic mass is 16.3. The molecule has 1 aliphatic carbocycles. The summed E-state index contributed by atoms with van der Waals surface area (Å²) in [6.07, 6.45) is 8.63. The number of allylic oxidation sites excluding steroid dienone is 1. The summed E-state index contributed by atoms with van der Waals surface area (Å²) in [6, 6.07) is 11.8. The minimum atomic E-state index is -1.15. The first-order valence-corrected chi connectivity index (χ1v) is 6.50. The number of aromatic nitrogens is 1. The van der Waals surface area contributed by atoms with Gasteiger partial charge in [-0.1, -0.05) is 30.3 Å². The Labute approximate surface area is 117 Å². The van der Waals surface area contributed by atoms with Crippen LogP contribution in [0.15, 0.2) is 66.5 Å². The number of nitrogens with zero attached hydrogens (tertiary/aromatic N) is 1. The lowest BCUT2D eigenvalue weighted by molar-refractivity contribution is 0.140. The Hall–Kier alpha value is -2.39. The topological polar surface area (TPSA) is 53.4 Å². The van der Waals surface area contributed by atoms with Crippen LogP contribution in [0.5, 0.6) is 0 Å². The number of pyridine rings is 1. The van der Waals surface area contributed by atoms with Crippen molar-refractivity contribution in [2.45, 2.75) is 12.0 Å². The zero-order valence-corrected chi connectivity index (χ0v) is 10.9. The van der Waals surface area contributed by atoms with Crippen LogP contribution in [0, 0.1) is 0 Å². The lowest BCUT2D eigenvalue weighted by Gasteiger charge is -2.21. The Bertz CT molecular complexity index is 731. The number of aliphatic hydroxyl groups excluding tert-OH is 1. The Morgan fingerprint density at radius 1 is 1.15 bits per heavy atom. The predicted octanol–water partition coefficient (Wildman–Crippen LogP) is 3.38. The highest BCUT2D eigenvalue weighted by Crippen LogP contribution is 2.23. The van der Waals surface area contributed by atoms with Crippen molar-refractivity contribution in [2.75, 3.05) is 0 Å². The quantitative estimate of drug-likeness (QED) is 0.875. The van der Waals surface area contributed by atoms with Crippen molar-refractivity contribution in [2.24, 2.45) is 0 Å². The number of para-hydroxylation sites is 1. The Morgan fingerprint density at radius 2 is 2.00 bits per heavy atom. The molecule has 0 bridgehead atoms. The maximum absolute atomic E-state index is 10.3. The van der Waals surface area contributed by atoms with E-state index < -0.39 is 5.60 Å². The molecule has 1 aromatic heterocycles. The summed E-state index contributed by atoms with van der Waals surface area (Å²) in [5.41, 5.74) is 0.551. The molecule has 0 saturated carbocycles. The first-order valence-electron chi connectivity index (χ1n) is 6.50. The van der Waals surface area contributed by atoms with Gasteiger partial charge in [-0.2, -0.15) is 0 Å². The Balaban J connectivity index is 1.89. The maximum Gasteiger partial charge on any atom is 0.114 e. The maximum atomic E-state index is 10.3. The average Bonchev–Trinajstić information content (AvgIpc) is 2.45. The molecule has 3 rings (SSSR count). The van der Waals surface area contributed by atoms with E-state index in [0.717, 1.165) is 16.6 Å². The third kappa shape index (κ3) is 2.63. The number of fused-ring (bicyclic) bond motifs is 1. The second kappa shape index (κ2) is 4.94. The molecular weight excluding hydrogens is 250 g/mol. The van der Waals surface area contributed by atoms with E-state index in [-0.39, 0.29) is 5.76 Å². The predicted molar refractivity (Wildman–Crippen MR) is 80.2 cm³/mol. The van der Waals surface area contributed by atoms with Gasteiger partial charge in [0, 0.05) is 11.8 Å². The summed E-state index contributed by atoms with van der Waals surface area (Å²) in [6.45, 7) is 0. The monoisotopic (exact) mass is 265 g/mol. The van der Waals surface area contributed by atoms with Crippen LogP contribution in [0.3, 0.4) is 0 Å². The second-order valence-electron chi connectivity index (χ2n) is 4.93. The van der Waals surface area contributed by atoms with E-state index in [0.29, 0.717) is 6.42 Å². The molecule has 0 radical (unpaired) electrons. The number of aliphatic hydroxyl groups is 2. The summed E-state index contributed by atoms with van der Waals surface area (Å²) < 4.78 is 0. The van der Waals surface area contributed by atoms with Gasteiger partial charge in [0.2, 0.25) is 0 Å². The van der Waals surface area contributed by atoms with Crippen molar-refractivity contribution in [3.8, 4) is 0 Å². The van der Waals surface area contributed by atoms with Crippen LogP contribution in [0.1, 0.15) is 12.1 Å². The standard InChI is InChI=1S/C17H15NO2/c19-15-5-3-10-17(20,12-15)11-9-14-8-7-13-4-1-2-6-16(13)18-14/h1-9,11-12,19-20H,10H2. The molecule has 1 aromatic carbocycles. The molecule has 100 valence electrons. The summed E-state index contributed by atoms with van der Waals surface area (Å²) in [5.74, 6) is 0.0786. The molecule has 1 aliphatic rings. The van der Waals surface area contributed by atoms with E-state index in [2.05, 4.69) is 4.98 Å². The third-order valence-corrected chi connectivity index (χ3v) is 3.29. The Kier molecular flexibility index (Phi) is 3.12. The zero-order chi connectivity index (χ0) is 14.0. The Morgan fingerprint density at radius 3 is 2.85 bits per heavy atom. The highest BCUT2D eigenvalue weighted by Gasteiger charge is 2.22. The molecule has 2 aromatic rings. The van der Waals surface area contributed by atoms with E-state index in [9.17, 15) is 10.2 Å². The number of hydrogen-bond donors (Lipinski definition) is 2. The molecular formula is C17H15NO2. The zero-order valence-electron chi connectivity index (χ0n) is 10.9.